The Balaban J connectivity index is 1.60. The number of rotatable bonds is 6. The fraction of sp³-hybridized carbons (Fsp3) is 0.207. The fourth-order valence-corrected chi connectivity index (χ4v) is 5.43. The monoisotopic (exact) mass is 567 g/mol. The minimum atomic E-state index is -4.80. The highest BCUT2D eigenvalue weighted by molar-refractivity contribution is 7.98. The summed E-state index contributed by atoms with van der Waals surface area (Å²) in [7, 11) is 2.54. The molecule has 0 unspecified atom stereocenters. The second kappa shape index (κ2) is 10.7. The Morgan fingerprint density at radius 2 is 1.75 bits per heavy atom. The smallest absolute Gasteiger partial charge is 0.435 e. The Labute approximate surface area is 232 Å². The Morgan fingerprint density at radius 3 is 2.40 bits per heavy atom. The maximum atomic E-state index is 14.0. The van der Waals surface area contributed by atoms with Gasteiger partial charge in [0, 0.05) is 22.7 Å². The Morgan fingerprint density at radius 1 is 1.02 bits per heavy atom. The maximum Gasteiger partial charge on any atom is 0.435 e. The molecule has 0 N–H and O–H groups in total. The van der Waals surface area contributed by atoms with Gasteiger partial charge in [0.25, 0.3) is 5.91 Å². The SMILES string of the molecule is COC(=O)c1cc(OC)ccc1-n1nc(C(F)(F)F)c2c1C(=O)N(c1ccc(-c3ccccc3SC)cc1)CC2. The van der Waals surface area contributed by atoms with Crippen molar-refractivity contribution in [1.29, 1.82) is 0 Å². The molecule has 0 radical (unpaired) electrons. The molecule has 1 aliphatic rings. The number of hydrogen-bond donors (Lipinski definition) is 0. The summed E-state index contributed by atoms with van der Waals surface area (Å²) in [6, 6.07) is 19.4. The molecule has 3 aromatic carbocycles. The molecule has 40 heavy (non-hydrogen) atoms. The predicted molar refractivity (Wildman–Crippen MR) is 145 cm³/mol. The molecular formula is C29H24F3N3O4S. The van der Waals surface area contributed by atoms with Gasteiger partial charge in [-0.05, 0) is 60.2 Å². The summed E-state index contributed by atoms with van der Waals surface area (Å²) in [5.74, 6) is -1.18. The number of benzene rings is 3. The molecule has 0 fully saturated rings. The topological polar surface area (TPSA) is 73.7 Å². The van der Waals surface area contributed by atoms with Gasteiger partial charge in [-0.3, -0.25) is 4.79 Å². The van der Waals surface area contributed by atoms with Gasteiger partial charge in [0.2, 0.25) is 0 Å². The van der Waals surface area contributed by atoms with E-state index in [1.807, 2.05) is 42.7 Å². The van der Waals surface area contributed by atoms with Crippen molar-refractivity contribution in [3.05, 3.63) is 89.2 Å². The third-order valence-electron chi connectivity index (χ3n) is 6.72. The van der Waals surface area contributed by atoms with Crippen LogP contribution in [0.4, 0.5) is 18.9 Å². The van der Waals surface area contributed by atoms with Crippen LogP contribution in [0.5, 0.6) is 5.75 Å². The summed E-state index contributed by atoms with van der Waals surface area (Å²) in [6.45, 7) is 0.0355. The van der Waals surface area contributed by atoms with Crippen LogP contribution in [0.25, 0.3) is 16.8 Å². The van der Waals surface area contributed by atoms with E-state index in [1.165, 1.54) is 30.2 Å². The number of amides is 1. The van der Waals surface area contributed by atoms with Crippen molar-refractivity contribution >= 4 is 29.3 Å². The molecule has 0 saturated carbocycles. The molecule has 0 aliphatic carbocycles. The van der Waals surface area contributed by atoms with Gasteiger partial charge in [0.15, 0.2) is 5.69 Å². The number of halogens is 3. The number of anilines is 1. The summed E-state index contributed by atoms with van der Waals surface area (Å²) in [5, 5.41) is 3.81. The molecule has 7 nitrogen and oxygen atoms in total. The molecule has 1 aromatic heterocycles. The van der Waals surface area contributed by atoms with Gasteiger partial charge in [0.1, 0.15) is 11.4 Å². The number of ether oxygens (including phenoxy) is 2. The highest BCUT2D eigenvalue weighted by atomic mass is 32.2. The molecule has 0 spiro atoms. The fourth-order valence-electron chi connectivity index (χ4n) is 4.81. The van der Waals surface area contributed by atoms with Gasteiger partial charge < -0.3 is 14.4 Å². The van der Waals surface area contributed by atoms with Crippen LogP contribution in [0.3, 0.4) is 0 Å². The highest BCUT2D eigenvalue weighted by Gasteiger charge is 2.43. The van der Waals surface area contributed by atoms with Crippen molar-refractivity contribution in [3.63, 3.8) is 0 Å². The van der Waals surface area contributed by atoms with E-state index in [0.29, 0.717) is 5.69 Å². The van der Waals surface area contributed by atoms with Crippen LogP contribution in [0, 0.1) is 0 Å². The first-order valence-corrected chi connectivity index (χ1v) is 13.4. The third kappa shape index (κ3) is 4.81. The average Bonchev–Trinajstić information content (AvgIpc) is 3.38. The number of carbonyl (C=O) groups is 2. The summed E-state index contributed by atoms with van der Waals surface area (Å²) in [5.41, 5.74) is 0.759. The largest absolute Gasteiger partial charge is 0.497 e. The van der Waals surface area contributed by atoms with Gasteiger partial charge in [-0.2, -0.15) is 18.3 Å². The van der Waals surface area contributed by atoms with Crippen LogP contribution in [0.15, 0.2) is 71.6 Å². The number of methoxy groups -OCH3 is 2. The summed E-state index contributed by atoms with van der Waals surface area (Å²) in [6.07, 6.45) is -2.89. The lowest BCUT2D eigenvalue weighted by Crippen LogP contribution is -2.39. The van der Waals surface area contributed by atoms with Crippen LogP contribution in [-0.4, -0.2) is 48.7 Å². The first-order chi connectivity index (χ1) is 19.2. The van der Waals surface area contributed by atoms with Crippen molar-refractivity contribution in [3.8, 4) is 22.6 Å². The zero-order valence-corrected chi connectivity index (χ0v) is 22.6. The van der Waals surface area contributed by atoms with E-state index in [0.717, 1.165) is 27.8 Å². The Kier molecular flexibility index (Phi) is 7.33. The van der Waals surface area contributed by atoms with Crippen LogP contribution in [0.2, 0.25) is 0 Å². The van der Waals surface area contributed by atoms with Crippen molar-refractivity contribution < 1.29 is 32.2 Å². The number of esters is 1. The molecule has 4 aromatic rings. The van der Waals surface area contributed by atoms with Crippen LogP contribution in [0.1, 0.15) is 32.1 Å². The van der Waals surface area contributed by atoms with E-state index < -0.39 is 23.7 Å². The van der Waals surface area contributed by atoms with E-state index in [1.54, 1.807) is 23.9 Å². The predicted octanol–water partition coefficient (Wildman–Crippen LogP) is 6.28. The number of hydrogen-bond acceptors (Lipinski definition) is 6. The van der Waals surface area contributed by atoms with Crippen LogP contribution in [-0.2, 0) is 17.3 Å². The molecule has 2 heterocycles. The van der Waals surface area contributed by atoms with Gasteiger partial charge in [0.05, 0.1) is 25.5 Å². The van der Waals surface area contributed by atoms with Crippen molar-refractivity contribution in [2.24, 2.45) is 0 Å². The Hall–Kier alpha value is -4.25. The zero-order valence-electron chi connectivity index (χ0n) is 21.8. The second-order valence-electron chi connectivity index (χ2n) is 8.91. The number of thioether (sulfide) groups is 1. The molecule has 0 atom stereocenters. The molecule has 206 valence electrons. The van der Waals surface area contributed by atoms with Gasteiger partial charge in [-0.25, -0.2) is 9.48 Å². The standard InChI is InChI=1S/C29H24F3N3O4S/c1-38-19-12-13-23(22(16-19)28(37)39-2)35-25-21(26(33-35)29(30,31)32)14-15-34(27(25)36)18-10-8-17(9-11-18)20-6-4-5-7-24(20)40-3/h4-13,16H,14-15H2,1-3H3. The van der Waals surface area contributed by atoms with Crippen molar-refractivity contribution in [1.82, 2.24) is 9.78 Å². The number of aromatic nitrogens is 2. The average molecular weight is 568 g/mol. The minimum absolute atomic E-state index is 0.0291. The van der Waals surface area contributed by atoms with Gasteiger partial charge >= 0.3 is 12.1 Å². The number of fused-ring (bicyclic) bond motifs is 1. The first-order valence-electron chi connectivity index (χ1n) is 12.2. The first kappa shape index (κ1) is 27.3. The molecule has 0 saturated heterocycles. The lowest BCUT2D eigenvalue weighted by molar-refractivity contribution is -0.141. The maximum absolute atomic E-state index is 14.0. The summed E-state index contributed by atoms with van der Waals surface area (Å²) >= 11 is 1.62. The third-order valence-corrected chi connectivity index (χ3v) is 7.52. The van der Waals surface area contributed by atoms with E-state index in [4.69, 9.17) is 9.47 Å². The van der Waals surface area contributed by atoms with Crippen molar-refractivity contribution in [2.45, 2.75) is 17.5 Å². The number of nitrogens with zero attached hydrogens (tertiary/aromatic N) is 3. The summed E-state index contributed by atoms with van der Waals surface area (Å²) < 4.78 is 53.1. The molecule has 1 aliphatic heterocycles. The summed E-state index contributed by atoms with van der Waals surface area (Å²) in [4.78, 5) is 28.9. The van der Waals surface area contributed by atoms with E-state index in [9.17, 15) is 22.8 Å². The van der Waals surface area contributed by atoms with E-state index >= 15 is 0 Å². The molecular weight excluding hydrogens is 543 g/mol. The van der Waals surface area contributed by atoms with Gasteiger partial charge in [-0.1, -0.05) is 30.3 Å². The Bertz CT molecular complexity index is 1600. The molecule has 11 heteroatoms. The van der Waals surface area contributed by atoms with Crippen molar-refractivity contribution in [2.75, 3.05) is 31.9 Å². The lowest BCUT2D eigenvalue weighted by Gasteiger charge is -2.28. The lowest BCUT2D eigenvalue weighted by atomic mass is 10.0. The molecule has 5 rings (SSSR count). The highest BCUT2D eigenvalue weighted by Crippen LogP contribution is 2.38. The zero-order chi connectivity index (χ0) is 28.6. The molecule has 0 bridgehead atoms. The second-order valence-corrected chi connectivity index (χ2v) is 9.76. The van der Waals surface area contributed by atoms with E-state index in [-0.39, 0.29) is 41.2 Å². The van der Waals surface area contributed by atoms with Crippen LogP contribution >= 0.6 is 11.8 Å². The van der Waals surface area contributed by atoms with Crippen LogP contribution < -0.4 is 9.64 Å². The van der Waals surface area contributed by atoms with E-state index in [2.05, 4.69) is 5.10 Å². The van der Waals surface area contributed by atoms with Gasteiger partial charge in [-0.15, -0.1) is 11.8 Å². The number of carbonyl (C=O) groups excluding carboxylic acids is 2. The minimum Gasteiger partial charge on any atom is -0.497 e. The number of alkyl halides is 3. The quantitative estimate of drug-likeness (QED) is 0.202. The normalized spacial score (nSPS) is 13.2. The molecule has 1 amide bonds.